The first-order valence-electron chi connectivity index (χ1n) is 18.1. The molecule has 0 aromatic heterocycles. The zero-order valence-electron chi connectivity index (χ0n) is 29.6. The van der Waals surface area contributed by atoms with Crippen molar-refractivity contribution in [1.29, 1.82) is 0 Å². The minimum absolute atomic E-state index is 0.0493. The van der Waals surface area contributed by atoms with Gasteiger partial charge in [-0.25, -0.2) is 14.1 Å². The van der Waals surface area contributed by atoms with Gasteiger partial charge in [0.2, 0.25) is 0 Å². The summed E-state index contributed by atoms with van der Waals surface area (Å²) in [6, 6.07) is 32.8. The zero-order chi connectivity index (χ0) is 37.3. The van der Waals surface area contributed by atoms with Gasteiger partial charge in [-0.2, -0.15) is 0 Å². The summed E-state index contributed by atoms with van der Waals surface area (Å²) in [5.74, 6) is -1.26. The number of anilines is 2. The Labute approximate surface area is 317 Å². The van der Waals surface area contributed by atoms with Crippen molar-refractivity contribution < 1.29 is 28.2 Å². The molecular formula is C44H37ClFN3O5. The second kappa shape index (κ2) is 14.8. The molecule has 272 valence electrons. The first-order valence-corrected chi connectivity index (χ1v) is 18.4. The van der Waals surface area contributed by atoms with Crippen molar-refractivity contribution >= 4 is 46.9 Å². The Bertz CT molecular complexity index is 2210. The first-order chi connectivity index (χ1) is 26.3. The summed E-state index contributed by atoms with van der Waals surface area (Å²) in [6.45, 7) is 3.99. The Morgan fingerprint density at radius 1 is 0.815 bits per heavy atom. The number of carbonyl (C=O) groups is 3. The first kappa shape index (κ1) is 35.1. The molecule has 0 bridgehead atoms. The molecule has 3 heterocycles. The van der Waals surface area contributed by atoms with Gasteiger partial charge in [-0.1, -0.05) is 84.4 Å². The second-order valence-corrected chi connectivity index (χ2v) is 14.0. The quantitative estimate of drug-likeness (QED) is 0.120. The maximum absolute atomic E-state index is 14.4. The number of ether oxygens (including phenoxy) is 2. The summed E-state index contributed by atoms with van der Waals surface area (Å²) in [7, 11) is 0. The van der Waals surface area contributed by atoms with Crippen LogP contribution in [0.1, 0.15) is 65.0 Å². The molecule has 10 heteroatoms. The Hall–Kier alpha value is -5.93. The van der Waals surface area contributed by atoms with Crippen molar-refractivity contribution in [2.45, 2.75) is 38.2 Å². The molecule has 1 N–H and O–H groups in total. The third-order valence-electron chi connectivity index (χ3n) is 10.3. The Balaban J connectivity index is 1.19. The number of imide groups is 2. The molecule has 0 aliphatic carbocycles. The number of rotatable bonds is 9. The summed E-state index contributed by atoms with van der Waals surface area (Å²) >= 11 is 6.70. The fraction of sp³-hybridized carbons (Fsp3) is 0.205. The number of amides is 4. The molecule has 0 saturated carbocycles. The third-order valence-corrected chi connectivity index (χ3v) is 10.6. The summed E-state index contributed by atoms with van der Waals surface area (Å²) in [4.78, 5) is 44.9. The van der Waals surface area contributed by atoms with Gasteiger partial charge >= 0.3 is 6.03 Å². The van der Waals surface area contributed by atoms with Crippen LogP contribution in [0.4, 0.5) is 20.6 Å². The number of barbiturate groups is 1. The predicted molar refractivity (Wildman–Crippen MR) is 207 cm³/mol. The van der Waals surface area contributed by atoms with E-state index in [0.29, 0.717) is 17.0 Å². The second-order valence-electron chi connectivity index (χ2n) is 13.6. The van der Waals surface area contributed by atoms with Gasteiger partial charge in [-0.3, -0.25) is 14.9 Å². The largest absolute Gasteiger partial charge is 0.490 e. The fourth-order valence-corrected chi connectivity index (χ4v) is 8.11. The molecular weight excluding hydrogens is 705 g/mol. The Morgan fingerprint density at radius 2 is 1.43 bits per heavy atom. The monoisotopic (exact) mass is 741 g/mol. The van der Waals surface area contributed by atoms with Crippen molar-refractivity contribution in [2.75, 3.05) is 29.5 Å². The van der Waals surface area contributed by atoms with E-state index in [1.165, 1.54) is 18.2 Å². The number of benzene rings is 5. The highest BCUT2D eigenvalue weighted by Crippen LogP contribution is 2.50. The van der Waals surface area contributed by atoms with Gasteiger partial charge < -0.3 is 14.4 Å². The van der Waals surface area contributed by atoms with Crippen LogP contribution in [0.25, 0.3) is 6.08 Å². The van der Waals surface area contributed by atoms with Crippen molar-refractivity contribution in [1.82, 2.24) is 5.32 Å². The summed E-state index contributed by atoms with van der Waals surface area (Å²) in [5.41, 5.74) is 6.86. The van der Waals surface area contributed by atoms with Crippen LogP contribution in [0, 0.1) is 5.82 Å². The molecule has 54 heavy (non-hydrogen) atoms. The molecule has 4 amide bonds. The summed E-state index contributed by atoms with van der Waals surface area (Å²) in [6.07, 6.45) is 3.16. The van der Waals surface area contributed by atoms with Crippen molar-refractivity contribution in [3.63, 3.8) is 0 Å². The molecule has 1 fully saturated rings. The van der Waals surface area contributed by atoms with Gasteiger partial charge in [0.1, 0.15) is 18.0 Å². The highest BCUT2D eigenvalue weighted by atomic mass is 35.5. The van der Waals surface area contributed by atoms with Gasteiger partial charge in [-0.05, 0) is 95.6 Å². The van der Waals surface area contributed by atoms with Crippen LogP contribution in [0.3, 0.4) is 0 Å². The number of nitrogens with zero attached hydrogens (tertiary/aromatic N) is 2. The average molecular weight is 742 g/mol. The molecule has 1 saturated heterocycles. The fourth-order valence-electron chi connectivity index (χ4n) is 7.84. The highest BCUT2D eigenvalue weighted by molar-refractivity contribution is 6.39. The van der Waals surface area contributed by atoms with Crippen molar-refractivity contribution in [2.24, 2.45) is 0 Å². The zero-order valence-corrected chi connectivity index (χ0v) is 30.3. The molecule has 3 aliphatic rings. The van der Waals surface area contributed by atoms with Gasteiger partial charge in [0.05, 0.1) is 17.3 Å². The van der Waals surface area contributed by atoms with Crippen LogP contribution in [0.15, 0.2) is 115 Å². The van der Waals surface area contributed by atoms with E-state index in [-0.39, 0.29) is 47.2 Å². The number of urea groups is 1. The van der Waals surface area contributed by atoms with Crippen molar-refractivity contribution in [3.05, 3.63) is 159 Å². The van der Waals surface area contributed by atoms with E-state index in [9.17, 15) is 18.8 Å². The predicted octanol–water partition coefficient (Wildman–Crippen LogP) is 9.00. The van der Waals surface area contributed by atoms with Gasteiger partial charge in [0, 0.05) is 30.6 Å². The van der Waals surface area contributed by atoms with E-state index in [2.05, 4.69) is 34.5 Å². The van der Waals surface area contributed by atoms with E-state index in [0.717, 1.165) is 64.3 Å². The maximum Gasteiger partial charge on any atom is 0.335 e. The Morgan fingerprint density at radius 3 is 2.02 bits per heavy atom. The van der Waals surface area contributed by atoms with Crippen LogP contribution in [-0.2, 0) is 16.2 Å². The van der Waals surface area contributed by atoms with E-state index in [4.69, 9.17) is 21.1 Å². The number of carbonyl (C=O) groups excluding carboxylic acids is 3. The summed E-state index contributed by atoms with van der Waals surface area (Å²) < 4.78 is 25.3. The van der Waals surface area contributed by atoms with Crippen molar-refractivity contribution in [3.8, 4) is 11.5 Å². The van der Waals surface area contributed by atoms with E-state index >= 15 is 0 Å². The lowest BCUT2D eigenvalue weighted by Gasteiger charge is -2.44. The lowest BCUT2D eigenvalue weighted by atomic mass is 9.76. The number of hydrogen-bond donors (Lipinski definition) is 1. The topological polar surface area (TPSA) is 88.2 Å². The molecule has 3 aliphatic heterocycles. The van der Waals surface area contributed by atoms with Gasteiger partial charge in [0.15, 0.2) is 11.5 Å². The van der Waals surface area contributed by atoms with E-state index < -0.39 is 17.8 Å². The van der Waals surface area contributed by atoms with Crippen LogP contribution in [-0.4, -0.2) is 37.5 Å². The minimum atomic E-state index is -0.818. The van der Waals surface area contributed by atoms with Gasteiger partial charge in [0.25, 0.3) is 11.8 Å². The molecule has 8 rings (SSSR count). The number of halogens is 2. The summed E-state index contributed by atoms with van der Waals surface area (Å²) in [5, 5.41) is 2.58. The SMILES string of the molecule is CCOc1cc(/C=C2\C(=O)NC(=O)N(c3cc4c5c(c3)[C@@H](c3ccccc3)CCN5CC[C@@H]4c3ccccc3)C2=O)cc(Cl)c1OCc1ccc(F)cc1. The molecule has 2 atom stereocenters. The van der Waals surface area contributed by atoms with Crippen LogP contribution in [0.2, 0.25) is 5.02 Å². The molecule has 5 aromatic carbocycles. The average Bonchev–Trinajstić information content (AvgIpc) is 3.18. The molecule has 8 nitrogen and oxygen atoms in total. The Kier molecular flexibility index (Phi) is 9.65. The van der Waals surface area contributed by atoms with Crippen LogP contribution < -0.4 is 24.6 Å². The molecule has 0 spiro atoms. The molecule has 0 unspecified atom stereocenters. The smallest absolute Gasteiger partial charge is 0.335 e. The molecule has 5 aromatic rings. The molecule has 0 radical (unpaired) electrons. The number of nitrogens with one attached hydrogen (secondary N) is 1. The highest BCUT2D eigenvalue weighted by Gasteiger charge is 2.40. The van der Waals surface area contributed by atoms with E-state index in [1.54, 1.807) is 31.2 Å². The minimum Gasteiger partial charge on any atom is -0.490 e. The van der Waals surface area contributed by atoms with E-state index in [1.807, 2.05) is 48.5 Å². The lowest BCUT2D eigenvalue weighted by molar-refractivity contribution is -0.122. The normalized spacial score (nSPS) is 18.7. The van der Waals surface area contributed by atoms with Crippen LogP contribution in [0.5, 0.6) is 11.5 Å². The third kappa shape index (κ3) is 6.71. The standard InChI is InChI=1S/C44H37ClFN3O5/c1-2-53-39-23-28(22-38(45)41(39)54-26-27-13-15-31(46)16-14-27)21-37-42(50)47-44(52)49(43(37)51)32-24-35-33(29-9-5-3-6-10-29)17-19-48-20-18-34(36(25-32)40(35)48)30-11-7-4-8-12-30/h3-16,21-25,33-34H,2,17-20,26H2,1H3,(H,47,50,52)/b37-21+/t33-,34-/m1/s1. The van der Waals surface area contributed by atoms with Crippen LogP contribution >= 0.6 is 11.6 Å². The number of hydrogen-bond acceptors (Lipinski definition) is 6. The maximum atomic E-state index is 14.4. The van der Waals surface area contributed by atoms with Gasteiger partial charge in [-0.15, -0.1) is 0 Å². The lowest BCUT2D eigenvalue weighted by Crippen LogP contribution is -2.54.